The first-order valence-corrected chi connectivity index (χ1v) is 7.66. The van der Waals surface area contributed by atoms with Gasteiger partial charge in [-0.05, 0) is 43.6 Å². The topological polar surface area (TPSA) is 49.6 Å². The Morgan fingerprint density at radius 2 is 2.23 bits per heavy atom. The minimum atomic E-state index is -0.242. The Labute approximate surface area is 130 Å². The molecule has 5 heteroatoms. The number of carbonyl (C=O) groups excluding carboxylic acids is 1. The lowest BCUT2D eigenvalue weighted by molar-refractivity contribution is -0.136. The molecule has 0 N–H and O–H groups in total. The van der Waals surface area contributed by atoms with Crippen molar-refractivity contribution in [2.75, 3.05) is 20.1 Å². The van der Waals surface area contributed by atoms with Crippen LogP contribution in [0.1, 0.15) is 30.0 Å². The Kier molecular flexibility index (Phi) is 4.53. The normalized spacial score (nSPS) is 16.6. The van der Waals surface area contributed by atoms with E-state index in [1.807, 2.05) is 25.2 Å². The molecular weight excluding hydrogens is 278 g/mol. The quantitative estimate of drug-likeness (QED) is 0.851. The highest BCUT2D eigenvalue weighted by Gasteiger charge is 2.31. The Hall–Kier alpha value is -2.14. The van der Waals surface area contributed by atoms with Gasteiger partial charge in [0.05, 0.1) is 12.5 Å². The second-order valence-electron chi connectivity index (χ2n) is 5.76. The highest BCUT2D eigenvalue weighted by atomic mass is 16.3. The van der Waals surface area contributed by atoms with Gasteiger partial charge >= 0.3 is 0 Å². The van der Waals surface area contributed by atoms with E-state index in [-0.39, 0.29) is 11.9 Å². The summed E-state index contributed by atoms with van der Waals surface area (Å²) >= 11 is 0. The number of hydrogen-bond acceptors (Lipinski definition) is 4. The smallest absolute Gasteiger partial charge is 0.244 e. The molecule has 116 valence electrons. The lowest BCUT2D eigenvalue weighted by Gasteiger charge is -2.30. The molecule has 0 unspecified atom stereocenters. The molecule has 1 aliphatic heterocycles. The second kappa shape index (κ2) is 6.75. The molecule has 0 spiro atoms. The van der Waals surface area contributed by atoms with Crippen molar-refractivity contribution in [2.24, 2.45) is 0 Å². The van der Waals surface area contributed by atoms with Crippen molar-refractivity contribution in [1.29, 1.82) is 0 Å². The molecule has 22 heavy (non-hydrogen) atoms. The Balaban J connectivity index is 1.80. The highest BCUT2D eigenvalue weighted by Crippen LogP contribution is 2.26. The van der Waals surface area contributed by atoms with Crippen LogP contribution < -0.4 is 0 Å². The predicted molar refractivity (Wildman–Crippen MR) is 83.0 cm³/mol. The third kappa shape index (κ3) is 3.20. The molecule has 1 fully saturated rings. The molecule has 0 bridgehead atoms. The molecule has 1 saturated heterocycles. The number of hydrogen-bond donors (Lipinski definition) is 0. The summed E-state index contributed by atoms with van der Waals surface area (Å²) in [6.07, 6.45) is 9.15. The summed E-state index contributed by atoms with van der Waals surface area (Å²) in [5.41, 5.74) is 1.97. The van der Waals surface area contributed by atoms with Crippen molar-refractivity contribution in [3.05, 3.63) is 54.2 Å². The van der Waals surface area contributed by atoms with E-state index in [4.69, 9.17) is 4.42 Å². The van der Waals surface area contributed by atoms with E-state index in [1.165, 1.54) is 0 Å². The molecule has 0 aliphatic carbocycles. The van der Waals surface area contributed by atoms with Crippen LogP contribution in [0.4, 0.5) is 0 Å². The van der Waals surface area contributed by atoms with Crippen LogP contribution in [-0.2, 0) is 11.3 Å². The van der Waals surface area contributed by atoms with E-state index in [2.05, 4.69) is 9.88 Å². The minimum Gasteiger partial charge on any atom is -0.472 e. The third-order valence-corrected chi connectivity index (χ3v) is 4.12. The summed E-state index contributed by atoms with van der Waals surface area (Å²) in [6.45, 7) is 2.48. The van der Waals surface area contributed by atoms with E-state index in [0.717, 1.165) is 37.1 Å². The summed E-state index contributed by atoms with van der Waals surface area (Å²) in [5, 5.41) is 0. The fraction of sp³-hybridized carbons (Fsp3) is 0.412. The van der Waals surface area contributed by atoms with E-state index in [0.29, 0.717) is 6.54 Å². The van der Waals surface area contributed by atoms with E-state index in [9.17, 15) is 4.79 Å². The number of carbonyl (C=O) groups is 1. The van der Waals surface area contributed by atoms with Crippen molar-refractivity contribution in [1.82, 2.24) is 14.8 Å². The molecule has 5 nitrogen and oxygen atoms in total. The zero-order valence-corrected chi connectivity index (χ0v) is 12.8. The number of nitrogens with zero attached hydrogens (tertiary/aromatic N) is 3. The van der Waals surface area contributed by atoms with Gasteiger partial charge in [-0.2, -0.15) is 0 Å². The molecule has 2 aromatic heterocycles. The molecule has 3 heterocycles. The number of rotatable bonds is 5. The van der Waals surface area contributed by atoms with Crippen molar-refractivity contribution in [3.8, 4) is 0 Å². The first-order chi connectivity index (χ1) is 10.8. The molecule has 1 aliphatic rings. The average molecular weight is 299 g/mol. The van der Waals surface area contributed by atoms with Crippen molar-refractivity contribution < 1.29 is 9.21 Å². The van der Waals surface area contributed by atoms with Crippen LogP contribution in [0.25, 0.3) is 0 Å². The standard InChI is InChI=1S/C17H21N3O2/c1-19(12-14-6-10-22-13-14)17(21)16(20-8-2-3-9-20)15-5-4-7-18-11-15/h4-7,10-11,13,16H,2-3,8-9,12H2,1H3/t16-/m0/s1. The largest absolute Gasteiger partial charge is 0.472 e. The molecule has 1 atom stereocenters. The minimum absolute atomic E-state index is 0.108. The summed E-state index contributed by atoms with van der Waals surface area (Å²) in [5.74, 6) is 0.108. The van der Waals surface area contributed by atoms with Gasteiger partial charge in [0, 0.05) is 31.5 Å². The molecule has 0 saturated carbocycles. The number of furan rings is 1. The maximum atomic E-state index is 13.0. The number of aromatic nitrogens is 1. The SMILES string of the molecule is CN(Cc1ccoc1)C(=O)[C@H](c1cccnc1)N1CCCC1. The summed E-state index contributed by atoms with van der Waals surface area (Å²) in [7, 11) is 1.84. The Bertz CT molecular complexity index is 592. The van der Waals surface area contributed by atoms with Crippen molar-refractivity contribution in [3.63, 3.8) is 0 Å². The van der Waals surface area contributed by atoms with Crippen LogP contribution in [-0.4, -0.2) is 40.8 Å². The fourth-order valence-electron chi connectivity index (χ4n) is 2.99. The number of pyridine rings is 1. The Morgan fingerprint density at radius 1 is 1.41 bits per heavy atom. The summed E-state index contributed by atoms with van der Waals surface area (Å²) in [6, 6.07) is 5.52. The number of amides is 1. The fourth-order valence-corrected chi connectivity index (χ4v) is 2.99. The van der Waals surface area contributed by atoms with Crippen LogP contribution in [0.3, 0.4) is 0 Å². The molecule has 3 rings (SSSR count). The van der Waals surface area contributed by atoms with Crippen LogP contribution in [0, 0.1) is 0 Å². The van der Waals surface area contributed by atoms with Gasteiger partial charge in [0.15, 0.2) is 0 Å². The van der Waals surface area contributed by atoms with Crippen LogP contribution >= 0.6 is 0 Å². The number of likely N-dealkylation sites (N-methyl/N-ethyl adjacent to an activating group) is 1. The predicted octanol–water partition coefficient (Wildman–Crippen LogP) is 2.47. The van der Waals surface area contributed by atoms with Gasteiger partial charge in [0.1, 0.15) is 6.04 Å². The van der Waals surface area contributed by atoms with Crippen LogP contribution in [0.15, 0.2) is 47.5 Å². The lowest BCUT2D eigenvalue weighted by Crippen LogP contribution is -2.40. The van der Waals surface area contributed by atoms with Crippen molar-refractivity contribution in [2.45, 2.75) is 25.4 Å². The average Bonchev–Trinajstić information content (AvgIpc) is 3.22. The Morgan fingerprint density at radius 3 is 2.86 bits per heavy atom. The molecule has 0 radical (unpaired) electrons. The highest BCUT2D eigenvalue weighted by molar-refractivity contribution is 5.83. The van der Waals surface area contributed by atoms with E-state index < -0.39 is 0 Å². The van der Waals surface area contributed by atoms with Gasteiger partial charge in [-0.1, -0.05) is 6.07 Å². The first-order valence-electron chi connectivity index (χ1n) is 7.66. The van der Waals surface area contributed by atoms with Gasteiger partial charge in [-0.25, -0.2) is 0 Å². The molecular formula is C17H21N3O2. The summed E-state index contributed by atoms with van der Waals surface area (Å²) < 4.78 is 5.08. The van der Waals surface area contributed by atoms with E-state index in [1.54, 1.807) is 29.8 Å². The zero-order valence-electron chi connectivity index (χ0n) is 12.8. The number of likely N-dealkylation sites (tertiary alicyclic amines) is 1. The van der Waals surface area contributed by atoms with Gasteiger partial charge in [-0.3, -0.25) is 14.7 Å². The second-order valence-corrected chi connectivity index (χ2v) is 5.76. The van der Waals surface area contributed by atoms with Crippen molar-refractivity contribution >= 4 is 5.91 Å². The lowest BCUT2D eigenvalue weighted by atomic mass is 10.1. The van der Waals surface area contributed by atoms with Crippen LogP contribution in [0.2, 0.25) is 0 Å². The summed E-state index contributed by atoms with van der Waals surface area (Å²) in [4.78, 5) is 21.2. The molecule has 1 amide bonds. The molecule has 2 aromatic rings. The van der Waals surface area contributed by atoms with Gasteiger partial charge in [0.2, 0.25) is 5.91 Å². The first kappa shape index (κ1) is 14.8. The molecule has 0 aromatic carbocycles. The van der Waals surface area contributed by atoms with Gasteiger partial charge in [-0.15, -0.1) is 0 Å². The van der Waals surface area contributed by atoms with Crippen LogP contribution in [0.5, 0.6) is 0 Å². The maximum absolute atomic E-state index is 13.0. The van der Waals surface area contributed by atoms with Gasteiger partial charge in [0.25, 0.3) is 0 Å². The monoisotopic (exact) mass is 299 g/mol. The maximum Gasteiger partial charge on any atom is 0.244 e. The van der Waals surface area contributed by atoms with E-state index >= 15 is 0 Å². The third-order valence-electron chi connectivity index (χ3n) is 4.12. The van der Waals surface area contributed by atoms with Gasteiger partial charge < -0.3 is 9.32 Å². The zero-order chi connectivity index (χ0) is 15.4.